The van der Waals surface area contributed by atoms with Gasteiger partial charge in [-0.15, -0.1) is 0 Å². The Bertz CT molecular complexity index is 951. The van der Waals surface area contributed by atoms with Gasteiger partial charge >= 0.3 is 6.09 Å². The number of hydrogen-bond acceptors (Lipinski definition) is 6. The minimum atomic E-state index is -0.527. The lowest BCUT2D eigenvalue weighted by molar-refractivity contribution is -0.111. The average molecular weight is 397 g/mol. The Hall–Kier alpha value is -3.16. The molecule has 1 aromatic heterocycles. The van der Waals surface area contributed by atoms with Gasteiger partial charge in [0, 0.05) is 24.2 Å². The van der Waals surface area contributed by atoms with E-state index in [1.54, 1.807) is 0 Å². The zero-order valence-corrected chi connectivity index (χ0v) is 17.3. The fraction of sp³-hybridized carbons (Fsp3) is 0.429. The summed E-state index contributed by atoms with van der Waals surface area (Å²) in [5, 5.41) is 6.57. The SMILES string of the molecule is C=CC(=O)Nc1ccc2c(N3CC[C@@H](NC(=O)OC(C)(C)C)C3)nc(C)nc2c1. The molecule has 2 heterocycles. The van der Waals surface area contributed by atoms with E-state index in [2.05, 4.69) is 32.1 Å². The molecule has 2 N–H and O–H groups in total. The molecule has 0 aliphatic carbocycles. The second kappa shape index (κ2) is 8.06. The number of ether oxygens (including phenoxy) is 1. The van der Waals surface area contributed by atoms with Gasteiger partial charge in [-0.1, -0.05) is 6.58 Å². The molecule has 1 aliphatic rings. The predicted molar refractivity (Wildman–Crippen MR) is 113 cm³/mol. The normalized spacial score (nSPS) is 16.6. The second-order valence-corrected chi connectivity index (χ2v) is 8.10. The molecule has 2 amide bonds. The van der Waals surface area contributed by atoms with E-state index in [0.717, 1.165) is 29.7 Å². The summed E-state index contributed by atoms with van der Waals surface area (Å²) in [5.41, 5.74) is 0.872. The van der Waals surface area contributed by atoms with E-state index in [4.69, 9.17) is 4.74 Å². The molecule has 154 valence electrons. The number of amides is 2. The van der Waals surface area contributed by atoms with Gasteiger partial charge < -0.3 is 20.3 Å². The van der Waals surface area contributed by atoms with Crippen LogP contribution in [0.5, 0.6) is 0 Å². The first-order valence-corrected chi connectivity index (χ1v) is 9.61. The monoisotopic (exact) mass is 397 g/mol. The van der Waals surface area contributed by atoms with Crippen molar-refractivity contribution in [1.82, 2.24) is 15.3 Å². The number of aromatic nitrogens is 2. The van der Waals surface area contributed by atoms with Crippen LogP contribution < -0.4 is 15.5 Å². The quantitative estimate of drug-likeness (QED) is 0.770. The van der Waals surface area contributed by atoms with Crippen LogP contribution in [0.3, 0.4) is 0 Å². The maximum absolute atomic E-state index is 12.1. The largest absolute Gasteiger partial charge is 0.444 e. The van der Waals surface area contributed by atoms with E-state index >= 15 is 0 Å². The number of anilines is 2. The van der Waals surface area contributed by atoms with Crippen molar-refractivity contribution in [1.29, 1.82) is 0 Å². The molecule has 8 nitrogen and oxygen atoms in total. The lowest BCUT2D eigenvalue weighted by Crippen LogP contribution is -2.40. The average Bonchev–Trinajstić information content (AvgIpc) is 3.07. The van der Waals surface area contributed by atoms with E-state index in [-0.39, 0.29) is 11.9 Å². The highest BCUT2D eigenvalue weighted by molar-refractivity contribution is 6.01. The van der Waals surface area contributed by atoms with E-state index in [9.17, 15) is 9.59 Å². The summed E-state index contributed by atoms with van der Waals surface area (Å²) in [4.78, 5) is 34.9. The van der Waals surface area contributed by atoms with Gasteiger partial charge in [0.15, 0.2) is 0 Å². The molecule has 8 heteroatoms. The van der Waals surface area contributed by atoms with E-state index in [0.29, 0.717) is 18.1 Å². The number of nitrogens with zero attached hydrogens (tertiary/aromatic N) is 3. The number of fused-ring (bicyclic) bond motifs is 1. The van der Waals surface area contributed by atoms with Gasteiger partial charge in [0.1, 0.15) is 17.2 Å². The topological polar surface area (TPSA) is 96.5 Å². The summed E-state index contributed by atoms with van der Waals surface area (Å²) in [6.45, 7) is 12.2. The molecular weight excluding hydrogens is 370 g/mol. The van der Waals surface area contributed by atoms with Crippen molar-refractivity contribution in [2.75, 3.05) is 23.3 Å². The minimum absolute atomic E-state index is 0.0127. The molecule has 0 bridgehead atoms. The maximum atomic E-state index is 12.1. The first-order valence-electron chi connectivity index (χ1n) is 9.61. The third-order valence-electron chi connectivity index (χ3n) is 4.45. The molecular formula is C21H27N5O3. The van der Waals surface area contributed by atoms with Crippen LogP contribution in [0.1, 0.15) is 33.0 Å². The van der Waals surface area contributed by atoms with Crippen molar-refractivity contribution in [3.8, 4) is 0 Å². The Morgan fingerprint density at radius 3 is 2.76 bits per heavy atom. The fourth-order valence-corrected chi connectivity index (χ4v) is 3.28. The maximum Gasteiger partial charge on any atom is 0.407 e. The number of aryl methyl sites for hydroxylation is 1. The molecule has 0 radical (unpaired) electrons. The highest BCUT2D eigenvalue weighted by Gasteiger charge is 2.28. The molecule has 1 aromatic carbocycles. The number of nitrogens with one attached hydrogen (secondary N) is 2. The van der Waals surface area contributed by atoms with Crippen molar-refractivity contribution in [2.45, 2.75) is 45.8 Å². The van der Waals surface area contributed by atoms with Crippen molar-refractivity contribution >= 4 is 34.4 Å². The number of carbonyl (C=O) groups excluding carboxylic acids is 2. The summed E-state index contributed by atoms with van der Waals surface area (Å²) < 4.78 is 5.35. The van der Waals surface area contributed by atoms with Gasteiger partial charge in [0.05, 0.1) is 11.6 Å². The Morgan fingerprint density at radius 2 is 2.07 bits per heavy atom. The molecule has 1 saturated heterocycles. The van der Waals surface area contributed by atoms with Gasteiger partial charge in [0.25, 0.3) is 0 Å². The van der Waals surface area contributed by atoms with Crippen LogP contribution in [0.25, 0.3) is 10.9 Å². The molecule has 1 atom stereocenters. The van der Waals surface area contributed by atoms with Gasteiger partial charge in [-0.3, -0.25) is 4.79 Å². The van der Waals surface area contributed by atoms with Gasteiger partial charge in [-0.25, -0.2) is 14.8 Å². The first-order chi connectivity index (χ1) is 13.6. The van der Waals surface area contributed by atoms with E-state index < -0.39 is 11.7 Å². The molecule has 1 fully saturated rings. The molecule has 1 aliphatic heterocycles. The van der Waals surface area contributed by atoms with Crippen LogP contribution in [-0.2, 0) is 9.53 Å². The third-order valence-corrected chi connectivity index (χ3v) is 4.45. The zero-order valence-electron chi connectivity index (χ0n) is 17.3. The molecule has 2 aromatic rings. The van der Waals surface area contributed by atoms with Crippen LogP contribution in [0.2, 0.25) is 0 Å². The molecule has 29 heavy (non-hydrogen) atoms. The summed E-state index contributed by atoms with van der Waals surface area (Å²) in [6, 6.07) is 5.53. The Kier molecular flexibility index (Phi) is 5.72. The highest BCUT2D eigenvalue weighted by Crippen LogP contribution is 2.29. The van der Waals surface area contributed by atoms with Crippen LogP contribution >= 0.6 is 0 Å². The minimum Gasteiger partial charge on any atom is -0.444 e. The van der Waals surface area contributed by atoms with Crippen LogP contribution in [-0.4, -0.2) is 46.7 Å². The summed E-state index contributed by atoms with van der Waals surface area (Å²) in [6.07, 6.45) is 1.62. The zero-order chi connectivity index (χ0) is 21.2. The standard InChI is InChI=1S/C21H27N5O3/c1-6-18(27)24-14-7-8-16-17(11-14)22-13(2)23-19(16)26-10-9-15(12-26)25-20(28)29-21(3,4)5/h6-8,11,15H,1,9-10,12H2,2-5H3,(H,24,27)(H,25,28)/t15-/m1/s1. The van der Waals surface area contributed by atoms with Crippen molar-refractivity contribution < 1.29 is 14.3 Å². The smallest absolute Gasteiger partial charge is 0.407 e. The van der Waals surface area contributed by atoms with Gasteiger partial charge in [0.2, 0.25) is 5.91 Å². The molecule has 3 rings (SSSR count). The number of hydrogen-bond donors (Lipinski definition) is 2. The molecule has 0 unspecified atom stereocenters. The third kappa shape index (κ3) is 5.22. The first kappa shape index (κ1) is 20.6. The van der Waals surface area contributed by atoms with Crippen molar-refractivity contribution in [3.63, 3.8) is 0 Å². The summed E-state index contributed by atoms with van der Waals surface area (Å²) in [7, 11) is 0. The highest BCUT2D eigenvalue weighted by atomic mass is 16.6. The number of rotatable bonds is 4. The number of benzene rings is 1. The lowest BCUT2D eigenvalue weighted by Gasteiger charge is -2.22. The van der Waals surface area contributed by atoms with Crippen molar-refractivity contribution in [2.24, 2.45) is 0 Å². The summed E-state index contributed by atoms with van der Waals surface area (Å²) >= 11 is 0. The van der Waals surface area contributed by atoms with E-state index in [1.165, 1.54) is 6.08 Å². The number of carbonyl (C=O) groups is 2. The van der Waals surface area contributed by atoms with Crippen LogP contribution in [0, 0.1) is 6.92 Å². The van der Waals surface area contributed by atoms with E-state index in [1.807, 2.05) is 45.9 Å². The summed E-state index contributed by atoms with van der Waals surface area (Å²) in [5.74, 6) is 1.19. The van der Waals surface area contributed by atoms with Gasteiger partial charge in [-0.2, -0.15) is 0 Å². The molecule has 0 spiro atoms. The van der Waals surface area contributed by atoms with Crippen molar-refractivity contribution in [3.05, 3.63) is 36.7 Å². The second-order valence-electron chi connectivity index (χ2n) is 8.10. The fourth-order valence-electron chi connectivity index (χ4n) is 3.28. The van der Waals surface area contributed by atoms with Gasteiger partial charge in [-0.05, 0) is 58.4 Å². The Labute approximate surface area is 170 Å². The Balaban J connectivity index is 1.78. The predicted octanol–water partition coefficient (Wildman–Crippen LogP) is 3.17. The Morgan fingerprint density at radius 1 is 1.31 bits per heavy atom. The molecule has 0 saturated carbocycles. The van der Waals surface area contributed by atoms with Crippen LogP contribution in [0.15, 0.2) is 30.9 Å². The lowest BCUT2D eigenvalue weighted by atomic mass is 10.2. The van der Waals surface area contributed by atoms with Crippen LogP contribution in [0.4, 0.5) is 16.3 Å². The number of alkyl carbamates (subject to hydrolysis) is 1.